The van der Waals surface area contributed by atoms with Crippen molar-refractivity contribution in [2.45, 2.75) is 85.5 Å². The average Bonchev–Trinajstić information content (AvgIpc) is 2.77. The first-order chi connectivity index (χ1) is 10.0. The average molecular weight is 291 g/mol. The highest BCUT2D eigenvalue weighted by molar-refractivity contribution is 4.89. The first kappa shape index (κ1) is 15.9. The summed E-state index contributed by atoms with van der Waals surface area (Å²) in [6, 6.07) is 0. The molecule has 0 N–H and O–H groups in total. The van der Waals surface area contributed by atoms with E-state index in [0.717, 1.165) is 47.3 Å². The normalized spacial score (nSPS) is 44.3. The minimum Gasteiger partial charge on any atom is -0.0625 e. The molecule has 2 unspecified atom stereocenters. The van der Waals surface area contributed by atoms with Gasteiger partial charge in [0.15, 0.2) is 0 Å². The van der Waals surface area contributed by atoms with E-state index in [-0.39, 0.29) is 0 Å². The summed E-state index contributed by atoms with van der Waals surface area (Å²) in [7, 11) is 0. The summed E-state index contributed by atoms with van der Waals surface area (Å²) in [4.78, 5) is 0. The molecule has 0 aliphatic heterocycles. The molecule has 0 heteroatoms. The maximum absolute atomic E-state index is 2.40. The van der Waals surface area contributed by atoms with Crippen molar-refractivity contribution >= 4 is 0 Å². The van der Waals surface area contributed by atoms with E-state index in [1.165, 1.54) is 0 Å². The lowest BCUT2D eigenvalue weighted by Crippen LogP contribution is -2.35. The molecule has 5 aliphatic carbocycles. The largest absolute Gasteiger partial charge is 0.0625 e. The van der Waals surface area contributed by atoms with Crippen LogP contribution in [0.5, 0.6) is 0 Å². The van der Waals surface area contributed by atoms with Crippen LogP contribution in [0.15, 0.2) is 0 Å². The number of hydrogen-bond acceptors (Lipinski definition) is 0. The van der Waals surface area contributed by atoms with Crippen LogP contribution in [-0.4, -0.2) is 0 Å². The van der Waals surface area contributed by atoms with E-state index in [1.54, 1.807) is 57.8 Å². The molecule has 4 bridgehead atoms. The fraction of sp³-hybridized carbons (Fsp3) is 1.00. The van der Waals surface area contributed by atoms with Crippen molar-refractivity contribution in [1.29, 1.82) is 0 Å². The Balaban J connectivity index is 0.000000126. The molecule has 0 nitrogen and oxygen atoms in total. The Bertz CT molecular complexity index is 301. The molecule has 0 aromatic rings. The van der Waals surface area contributed by atoms with Crippen LogP contribution in [0.2, 0.25) is 0 Å². The number of hydrogen-bond donors (Lipinski definition) is 0. The van der Waals surface area contributed by atoms with Crippen molar-refractivity contribution in [2.75, 3.05) is 0 Å². The monoisotopic (exact) mass is 290 g/mol. The minimum atomic E-state index is 0.943. The second kappa shape index (κ2) is 6.63. The topological polar surface area (TPSA) is 0 Å². The van der Waals surface area contributed by atoms with Gasteiger partial charge < -0.3 is 0 Å². The van der Waals surface area contributed by atoms with Crippen molar-refractivity contribution in [3.8, 4) is 0 Å². The predicted molar refractivity (Wildman–Crippen MR) is 92.2 cm³/mol. The van der Waals surface area contributed by atoms with E-state index in [1.807, 2.05) is 0 Å². The van der Waals surface area contributed by atoms with E-state index >= 15 is 0 Å². The molecule has 5 aliphatic rings. The molecule has 0 amide bonds. The smallest absolute Gasteiger partial charge is 0.0386 e. The lowest BCUT2D eigenvalue weighted by molar-refractivity contribution is 0.0469. The molecule has 0 spiro atoms. The summed E-state index contributed by atoms with van der Waals surface area (Å²) in [6.07, 6.45) is 14.0. The highest BCUT2D eigenvalue weighted by atomic mass is 14.4. The molecule has 0 heterocycles. The molecule has 5 saturated carbocycles. The number of fused-ring (bicyclic) bond motifs is 4. The fourth-order valence-corrected chi connectivity index (χ4v) is 5.86. The lowest BCUT2D eigenvalue weighted by Gasteiger charge is -2.46. The van der Waals surface area contributed by atoms with Gasteiger partial charge in [-0.15, -0.1) is 0 Å². The highest BCUT2D eigenvalue weighted by Crippen LogP contribution is 2.50. The first-order valence-electron chi connectivity index (χ1n) is 10.0. The fourth-order valence-electron chi connectivity index (χ4n) is 5.86. The molecule has 0 aromatic carbocycles. The lowest BCUT2D eigenvalue weighted by atomic mass is 9.59. The summed E-state index contributed by atoms with van der Waals surface area (Å²) in [5.41, 5.74) is 0. The molecule has 122 valence electrons. The van der Waals surface area contributed by atoms with Crippen LogP contribution >= 0.6 is 0 Å². The van der Waals surface area contributed by atoms with E-state index in [4.69, 9.17) is 0 Å². The maximum Gasteiger partial charge on any atom is -0.0386 e. The van der Waals surface area contributed by atoms with Crippen molar-refractivity contribution in [3.63, 3.8) is 0 Å². The zero-order valence-corrected chi connectivity index (χ0v) is 15.0. The molecule has 2 atom stereocenters. The van der Waals surface area contributed by atoms with Crippen molar-refractivity contribution < 1.29 is 0 Å². The zero-order chi connectivity index (χ0) is 15.0. The predicted octanol–water partition coefficient (Wildman–Crippen LogP) is 6.55. The van der Waals surface area contributed by atoms with Crippen LogP contribution in [0, 0.1) is 47.3 Å². The Morgan fingerprint density at radius 2 is 0.810 bits per heavy atom. The zero-order valence-electron chi connectivity index (χ0n) is 15.0. The van der Waals surface area contributed by atoms with Crippen LogP contribution in [0.25, 0.3) is 0 Å². The van der Waals surface area contributed by atoms with Gasteiger partial charge in [0.1, 0.15) is 0 Å². The Kier molecular flexibility index (Phi) is 5.01. The van der Waals surface area contributed by atoms with Crippen LogP contribution in [0.4, 0.5) is 0 Å². The van der Waals surface area contributed by atoms with Gasteiger partial charge in [-0.1, -0.05) is 40.5 Å². The summed E-state index contributed by atoms with van der Waals surface area (Å²) in [5, 5.41) is 0. The van der Waals surface area contributed by atoms with Crippen LogP contribution in [-0.2, 0) is 0 Å². The maximum atomic E-state index is 2.40. The Morgan fingerprint density at radius 1 is 0.476 bits per heavy atom. The van der Waals surface area contributed by atoms with Gasteiger partial charge in [-0.25, -0.2) is 0 Å². The summed E-state index contributed by atoms with van der Waals surface area (Å²) in [6.45, 7) is 9.57. The van der Waals surface area contributed by atoms with Crippen LogP contribution < -0.4 is 0 Å². The third-order valence-electron chi connectivity index (χ3n) is 7.41. The standard InChI is InChI=1S/C11H20.C10H18/c1-8(2)11-6-9-3-4-10(5-9)7-11;1-7(2)10-5-8-3-9(4-8)6-10/h8-11H,3-7H2,1-2H3;7-10H,3-6H2,1-2H3. The molecule has 5 rings (SSSR count). The third-order valence-corrected chi connectivity index (χ3v) is 7.41. The van der Waals surface area contributed by atoms with E-state index in [2.05, 4.69) is 27.7 Å². The summed E-state index contributed by atoms with van der Waals surface area (Å²) in [5.74, 6) is 8.59. The summed E-state index contributed by atoms with van der Waals surface area (Å²) < 4.78 is 0. The highest BCUT2D eigenvalue weighted by Gasteiger charge is 2.38. The van der Waals surface area contributed by atoms with Crippen molar-refractivity contribution in [3.05, 3.63) is 0 Å². The minimum absolute atomic E-state index is 0.943. The molecule has 0 radical (unpaired) electrons. The van der Waals surface area contributed by atoms with Gasteiger partial charge >= 0.3 is 0 Å². The Morgan fingerprint density at radius 3 is 1.19 bits per heavy atom. The molecule has 0 aromatic heterocycles. The number of rotatable bonds is 2. The van der Waals surface area contributed by atoms with Gasteiger partial charge in [0.25, 0.3) is 0 Å². The van der Waals surface area contributed by atoms with Gasteiger partial charge in [0.05, 0.1) is 0 Å². The van der Waals surface area contributed by atoms with Gasteiger partial charge in [-0.2, -0.15) is 0 Å². The van der Waals surface area contributed by atoms with Crippen LogP contribution in [0.3, 0.4) is 0 Å². The van der Waals surface area contributed by atoms with Crippen molar-refractivity contribution in [1.82, 2.24) is 0 Å². The Hall–Kier alpha value is 0. The van der Waals surface area contributed by atoms with Crippen molar-refractivity contribution in [2.24, 2.45) is 47.3 Å². The van der Waals surface area contributed by atoms with Crippen LogP contribution in [0.1, 0.15) is 85.5 Å². The molecular formula is C21H38. The van der Waals surface area contributed by atoms with Gasteiger partial charge in [-0.05, 0) is 92.3 Å². The SMILES string of the molecule is CC(C)C1CC2CC(C2)C1.CC(C)C1CC2CCC(C2)C1. The second-order valence-electron chi connectivity index (χ2n) is 9.70. The van der Waals surface area contributed by atoms with Gasteiger partial charge in [-0.3, -0.25) is 0 Å². The Labute approximate surface area is 133 Å². The van der Waals surface area contributed by atoms with E-state index < -0.39 is 0 Å². The van der Waals surface area contributed by atoms with Gasteiger partial charge in [0, 0.05) is 0 Å². The summed E-state index contributed by atoms with van der Waals surface area (Å²) >= 11 is 0. The van der Waals surface area contributed by atoms with E-state index in [9.17, 15) is 0 Å². The molecule has 0 saturated heterocycles. The quantitative estimate of drug-likeness (QED) is 0.541. The molecule has 5 fully saturated rings. The molecular weight excluding hydrogens is 252 g/mol. The van der Waals surface area contributed by atoms with E-state index in [0.29, 0.717) is 0 Å². The third kappa shape index (κ3) is 3.85. The van der Waals surface area contributed by atoms with Gasteiger partial charge in [0.2, 0.25) is 0 Å². The first-order valence-corrected chi connectivity index (χ1v) is 10.0. The molecule has 21 heavy (non-hydrogen) atoms. The second-order valence-corrected chi connectivity index (χ2v) is 9.70.